The average molecular weight is 1510 g/mol. The van der Waals surface area contributed by atoms with Crippen molar-refractivity contribution >= 4 is 33.6 Å². The Kier molecular flexibility index (Phi) is 75.1. The van der Waals surface area contributed by atoms with Crippen molar-refractivity contribution in [3.8, 4) is 0 Å². The fraction of sp³-hybridized carbons (Fsp3) is 0.667. The van der Waals surface area contributed by atoms with E-state index in [9.17, 15) is 43.5 Å². The van der Waals surface area contributed by atoms with E-state index in [0.717, 1.165) is 167 Å². The summed E-state index contributed by atoms with van der Waals surface area (Å²) in [6.45, 7) is 2.41. The molecule has 0 heterocycles. The second-order valence-corrected chi connectivity index (χ2v) is 29.7. The van der Waals surface area contributed by atoms with Gasteiger partial charge in [0.25, 0.3) is 0 Å². The number of carbonyl (C=O) groups excluding carboxylic acids is 3. The van der Waals surface area contributed by atoms with Gasteiger partial charge in [-0.2, -0.15) is 0 Å². The molecule has 0 aliphatic carbocycles. The van der Waals surface area contributed by atoms with E-state index >= 15 is 0 Å². The van der Waals surface area contributed by atoms with Gasteiger partial charge in [-0.25, -0.2) is 9.13 Å². The van der Waals surface area contributed by atoms with E-state index in [2.05, 4.69) is 179 Å². The monoisotopic (exact) mass is 1510 g/mol. The highest BCUT2D eigenvalue weighted by atomic mass is 31.2. The number of ether oxygens (including phenoxy) is 3. The van der Waals surface area contributed by atoms with Crippen LogP contribution in [-0.2, 0) is 55.8 Å². The fourth-order valence-electron chi connectivity index (χ4n) is 10.6. The normalized spacial score (nSPS) is 14.8. The molecule has 0 fully saturated rings. The summed E-state index contributed by atoms with van der Waals surface area (Å²) in [7, 11) is -9.81. The van der Waals surface area contributed by atoms with Gasteiger partial charge in [0, 0.05) is 19.3 Å². The fourth-order valence-corrected chi connectivity index (χ4v) is 12.2. The number of rotatable bonds is 76. The van der Waals surface area contributed by atoms with Crippen LogP contribution in [0.4, 0.5) is 0 Å². The van der Waals surface area contributed by atoms with Crippen LogP contribution in [0.25, 0.3) is 0 Å². The van der Waals surface area contributed by atoms with E-state index in [0.29, 0.717) is 19.3 Å². The first-order valence-electron chi connectivity index (χ1n) is 40.8. The van der Waals surface area contributed by atoms with Crippen LogP contribution < -0.4 is 0 Å². The maximum absolute atomic E-state index is 13.0. The molecule has 0 bridgehead atoms. The summed E-state index contributed by atoms with van der Waals surface area (Å²) in [5.41, 5.74) is 0. The van der Waals surface area contributed by atoms with Crippen LogP contribution in [0.3, 0.4) is 0 Å². The van der Waals surface area contributed by atoms with Crippen molar-refractivity contribution in [1.29, 1.82) is 0 Å². The highest BCUT2D eigenvalue weighted by Crippen LogP contribution is 2.45. The first-order valence-corrected chi connectivity index (χ1v) is 43.8. The quantitative estimate of drug-likeness (QED) is 0.0146. The first kappa shape index (κ1) is 100. The lowest BCUT2D eigenvalue weighted by Crippen LogP contribution is -2.30. The van der Waals surface area contributed by atoms with Gasteiger partial charge in [-0.15, -0.1) is 0 Å². The van der Waals surface area contributed by atoms with Gasteiger partial charge in [0.2, 0.25) is 0 Å². The van der Waals surface area contributed by atoms with Gasteiger partial charge in [0.1, 0.15) is 25.4 Å². The molecule has 0 radical (unpaired) electrons. The van der Waals surface area contributed by atoms with Gasteiger partial charge in [-0.3, -0.25) is 32.5 Å². The molecule has 0 aromatic rings. The zero-order valence-corrected chi connectivity index (χ0v) is 67.4. The third kappa shape index (κ3) is 80.0. The molecule has 600 valence electrons. The third-order valence-electron chi connectivity index (χ3n) is 16.7. The van der Waals surface area contributed by atoms with Crippen LogP contribution in [0.15, 0.2) is 158 Å². The van der Waals surface area contributed by atoms with Gasteiger partial charge < -0.3 is 34.2 Å². The van der Waals surface area contributed by atoms with Crippen LogP contribution in [0.1, 0.15) is 316 Å². The Labute approximate surface area is 638 Å². The molecule has 0 aliphatic rings. The second kappa shape index (κ2) is 78.7. The Balaban J connectivity index is 4.55. The molecule has 0 rings (SSSR count). The molecular formula is C87H146O16P2. The lowest BCUT2D eigenvalue weighted by atomic mass is 10.0. The number of phosphoric ester groups is 2. The number of aliphatic hydroxyl groups is 2. The molecule has 0 spiro atoms. The summed E-state index contributed by atoms with van der Waals surface area (Å²) in [6, 6.07) is 0. The number of unbranched alkanes of at least 4 members (excludes halogenated alkanes) is 27. The second-order valence-electron chi connectivity index (χ2n) is 26.8. The number of carbonyl (C=O) groups is 3. The maximum atomic E-state index is 13.0. The SMILES string of the molecule is CC/C=C\C/C=C\C/C=C\C/C=C\C/C=C\C/C=C\CCCCCCCCCCCCCCC(=O)OCC(O)COP(=O)(O)OCC(O)COP(=O)(O)OCC(COC(=O)CCCCCC/C=C\C/C=C\C/C=C\C/C=C\C/C=C\C/C=C\CC)OC(=O)CCCCCCC/C=C\CCCCCCCC. The summed E-state index contributed by atoms with van der Waals surface area (Å²) in [6.07, 6.45) is 98.6. The highest BCUT2D eigenvalue weighted by Gasteiger charge is 2.29. The number of phosphoric acid groups is 2. The van der Waals surface area contributed by atoms with E-state index < -0.39 is 91.5 Å². The molecule has 0 saturated heterocycles. The van der Waals surface area contributed by atoms with Crippen molar-refractivity contribution in [2.75, 3.05) is 39.6 Å². The molecular weight excluding hydrogens is 1360 g/mol. The zero-order valence-electron chi connectivity index (χ0n) is 65.6. The molecule has 0 aromatic heterocycles. The van der Waals surface area contributed by atoms with E-state index in [1.165, 1.54) is 89.9 Å². The molecule has 5 atom stereocenters. The maximum Gasteiger partial charge on any atom is 0.472 e. The molecule has 5 unspecified atom stereocenters. The minimum absolute atomic E-state index is 0.0850. The Hall–Kier alpha value is -4.83. The van der Waals surface area contributed by atoms with Gasteiger partial charge >= 0.3 is 33.6 Å². The zero-order chi connectivity index (χ0) is 76.6. The minimum atomic E-state index is -4.94. The van der Waals surface area contributed by atoms with Crippen LogP contribution in [-0.4, -0.2) is 95.9 Å². The molecule has 0 amide bonds. The molecule has 0 aromatic carbocycles. The number of allylic oxidation sites excluding steroid dienone is 26. The van der Waals surface area contributed by atoms with Crippen molar-refractivity contribution in [3.63, 3.8) is 0 Å². The third-order valence-corrected chi connectivity index (χ3v) is 18.6. The van der Waals surface area contributed by atoms with E-state index in [1.807, 2.05) is 0 Å². The minimum Gasteiger partial charge on any atom is -0.463 e. The predicted octanol–water partition coefficient (Wildman–Crippen LogP) is 24.2. The molecule has 16 nitrogen and oxygen atoms in total. The Morgan fingerprint density at radius 1 is 0.276 bits per heavy atom. The topological polar surface area (TPSA) is 231 Å². The molecule has 105 heavy (non-hydrogen) atoms. The Bertz CT molecular complexity index is 2540. The van der Waals surface area contributed by atoms with Crippen molar-refractivity contribution in [1.82, 2.24) is 0 Å². The number of aliphatic hydroxyl groups excluding tert-OH is 2. The smallest absolute Gasteiger partial charge is 0.463 e. The van der Waals surface area contributed by atoms with Crippen molar-refractivity contribution < 1.29 is 75.8 Å². The summed E-state index contributed by atoms with van der Waals surface area (Å²) >= 11 is 0. The standard InChI is InChI=1S/C87H146O16P2/c1-4-7-10-13-16-19-22-25-28-30-32-34-36-37-38-39-40-41-42-43-45-47-48-50-53-55-58-61-64-67-70-73-85(90)97-76-82(88)77-99-104(93,94)100-78-83(89)79-101-105(95,96)102-81-84(103-87(92)75-72-69-66-63-60-57-52-27-24-21-18-15-12-9-6-3)80-98-86(91)74-71-68-65-62-59-56-54-51-49-46-44-35-33-31-29-26-23-20-17-14-11-8-5-2/h7-8,10-11,16-17,19-20,25-29,32-35,37-38,40-41,46,49,52,54,56,82-84,88-89H,4-6,9,12-15,18,21-24,30-31,36,39,42-45,47-48,50-51,53,55,57-81H2,1-3H3,(H,93,94)(H,95,96)/b10-7-,11-8-,19-16-,20-17-,28-25-,29-26-,34-32-,35-33-,38-37-,41-40-,49-46-,52-27-,56-54-. The van der Waals surface area contributed by atoms with Gasteiger partial charge in [0.05, 0.1) is 26.4 Å². The molecule has 0 aliphatic heterocycles. The van der Waals surface area contributed by atoms with Crippen LogP contribution in [0.5, 0.6) is 0 Å². The predicted molar refractivity (Wildman–Crippen MR) is 435 cm³/mol. The van der Waals surface area contributed by atoms with Crippen LogP contribution >= 0.6 is 15.6 Å². The van der Waals surface area contributed by atoms with Gasteiger partial charge in [-0.05, 0) is 148 Å². The largest absolute Gasteiger partial charge is 0.472 e. The van der Waals surface area contributed by atoms with Crippen molar-refractivity contribution in [3.05, 3.63) is 158 Å². The van der Waals surface area contributed by atoms with E-state index in [-0.39, 0.29) is 19.3 Å². The van der Waals surface area contributed by atoms with E-state index in [4.69, 9.17) is 32.3 Å². The van der Waals surface area contributed by atoms with Crippen LogP contribution in [0.2, 0.25) is 0 Å². The van der Waals surface area contributed by atoms with Crippen molar-refractivity contribution in [2.45, 2.75) is 334 Å². The average Bonchev–Trinajstić information content (AvgIpc) is 0.965. The summed E-state index contributed by atoms with van der Waals surface area (Å²) in [4.78, 5) is 58.7. The lowest BCUT2D eigenvalue weighted by Gasteiger charge is -2.21. The first-order chi connectivity index (χ1) is 51.2. The van der Waals surface area contributed by atoms with Gasteiger partial charge in [-0.1, -0.05) is 307 Å². The highest BCUT2D eigenvalue weighted by molar-refractivity contribution is 7.47. The molecule has 0 saturated carbocycles. The molecule has 4 N–H and O–H groups in total. The van der Waals surface area contributed by atoms with E-state index in [1.54, 1.807) is 0 Å². The lowest BCUT2D eigenvalue weighted by molar-refractivity contribution is -0.161. The number of hydrogen-bond acceptors (Lipinski definition) is 14. The number of hydrogen-bond donors (Lipinski definition) is 4. The number of esters is 3. The van der Waals surface area contributed by atoms with Gasteiger partial charge in [0.15, 0.2) is 6.10 Å². The van der Waals surface area contributed by atoms with Crippen LogP contribution in [0, 0.1) is 0 Å². The summed E-state index contributed by atoms with van der Waals surface area (Å²) in [5.74, 6) is -1.62. The Morgan fingerprint density at radius 2 is 0.505 bits per heavy atom. The summed E-state index contributed by atoms with van der Waals surface area (Å²) in [5, 5.41) is 20.7. The molecule has 18 heteroatoms. The Morgan fingerprint density at radius 3 is 0.810 bits per heavy atom. The van der Waals surface area contributed by atoms with Crippen molar-refractivity contribution in [2.24, 2.45) is 0 Å². The summed E-state index contributed by atoms with van der Waals surface area (Å²) < 4.78 is 61.2.